The van der Waals surface area contributed by atoms with Gasteiger partial charge in [-0.1, -0.05) is 18.2 Å². The second kappa shape index (κ2) is 7.06. The van der Waals surface area contributed by atoms with Crippen molar-refractivity contribution in [1.29, 1.82) is 0 Å². The van der Waals surface area contributed by atoms with Crippen molar-refractivity contribution < 1.29 is 14.3 Å². The van der Waals surface area contributed by atoms with Gasteiger partial charge in [0.25, 0.3) is 0 Å². The van der Waals surface area contributed by atoms with E-state index in [-0.39, 0.29) is 5.91 Å². The Morgan fingerprint density at radius 1 is 1.17 bits per heavy atom. The highest BCUT2D eigenvalue weighted by Gasteiger charge is 2.00. The first kappa shape index (κ1) is 13.7. The van der Waals surface area contributed by atoms with Gasteiger partial charge in [-0.15, -0.1) is 0 Å². The number of hydrogen-bond acceptors (Lipinski definition) is 3. The highest BCUT2D eigenvalue weighted by molar-refractivity contribution is 5.89. The Morgan fingerprint density at radius 3 is 2.39 bits per heavy atom. The summed E-state index contributed by atoms with van der Waals surface area (Å²) in [5.41, 5.74) is 0.659. The molecule has 0 aliphatic heterocycles. The normalized spacial score (nSPS) is 10.8. The third-order valence-corrected chi connectivity index (χ3v) is 1.93. The Labute approximate surface area is 106 Å². The fourth-order valence-corrected chi connectivity index (χ4v) is 1.20. The predicted molar refractivity (Wildman–Crippen MR) is 70.3 cm³/mol. The molecule has 1 aromatic rings. The van der Waals surface area contributed by atoms with Crippen LogP contribution in [0.1, 0.15) is 13.8 Å². The van der Waals surface area contributed by atoms with Crippen molar-refractivity contribution in [2.75, 3.05) is 5.32 Å². The van der Waals surface area contributed by atoms with E-state index in [1.165, 1.54) is 13.0 Å². The van der Waals surface area contributed by atoms with Crippen LogP contribution >= 0.6 is 0 Å². The molecule has 1 amide bonds. The van der Waals surface area contributed by atoms with Crippen molar-refractivity contribution in [2.45, 2.75) is 13.8 Å². The number of benzene rings is 1. The maximum Gasteiger partial charge on any atom is 0.336 e. The molecule has 0 aliphatic rings. The minimum Gasteiger partial charge on any atom is -0.423 e. The molecule has 0 aliphatic carbocycles. The quantitative estimate of drug-likeness (QED) is 0.384. The summed E-state index contributed by atoms with van der Waals surface area (Å²) in [6, 6.07) is 6.57. The summed E-state index contributed by atoms with van der Waals surface area (Å²) < 4.78 is 5.05. The summed E-state index contributed by atoms with van der Waals surface area (Å²) in [6.45, 7) is 3.29. The molecule has 0 atom stereocenters. The summed E-state index contributed by atoms with van der Waals surface area (Å²) in [7, 11) is 0. The van der Waals surface area contributed by atoms with Gasteiger partial charge in [0.1, 0.15) is 5.75 Å². The Bertz CT molecular complexity index is 472. The van der Waals surface area contributed by atoms with E-state index in [4.69, 9.17) is 4.74 Å². The van der Waals surface area contributed by atoms with E-state index in [0.717, 1.165) is 0 Å². The molecular weight excluding hydrogens is 230 g/mol. The van der Waals surface area contributed by atoms with Crippen molar-refractivity contribution in [3.63, 3.8) is 0 Å². The molecule has 0 bridgehead atoms. The molecule has 94 valence electrons. The minimum absolute atomic E-state index is 0.144. The molecular formula is C14H15NO3. The molecule has 18 heavy (non-hydrogen) atoms. The van der Waals surface area contributed by atoms with Crippen LogP contribution in [-0.2, 0) is 9.59 Å². The van der Waals surface area contributed by atoms with Crippen LogP contribution in [0.25, 0.3) is 0 Å². The average Bonchev–Trinajstić information content (AvgIpc) is 2.31. The van der Waals surface area contributed by atoms with Crippen molar-refractivity contribution in [3.05, 3.63) is 48.6 Å². The smallest absolute Gasteiger partial charge is 0.336 e. The Morgan fingerprint density at radius 2 is 1.83 bits per heavy atom. The summed E-state index contributed by atoms with van der Waals surface area (Å²) >= 11 is 0. The Hall–Kier alpha value is -2.36. The number of hydrogen-bond donors (Lipinski definition) is 1. The number of anilines is 1. The average molecular weight is 245 g/mol. The highest BCUT2D eigenvalue weighted by Crippen LogP contribution is 2.15. The van der Waals surface area contributed by atoms with Crippen LogP contribution in [-0.4, -0.2) is 11.9 Å². The minimum atomic E-state index is -0.444. The number of carbonyl (C=O) groups excluding carboxylic acids is 2. The zero-order valence-corrected chi connectivity index (χ0v) is 10.3. The lowest BCUT2D eigenvalue weighted by molar-refractivity contribution is -0.129. The van der Waals surface area contributed by atoms with Gasteiger partial charge in [0.2, 0.25) is 5.91 Å². The summed E-state index contributed by atoms with van der Waals surface area (Å²) in [5.74, 6) is -0.159. The summed E-state index contributed by atoms with van der Waals surface area (Å²) in [5, 5.41) is 2.62. The lowest BCUT2D eigenvalue weighted by atomic mass is 10.3. The molecule has 4 heteroatoms. The predicted octanol–water partition coefficient (Wildman–Crippen LogP) is 2.68. The van der Waals surface area contributed by atoms with Crippen LogP contribution in [0, 0.1) is 0 Å². The Kier molecular flexibility index (Phi) is 5.38. The Balaban J connectivity index is 2.58. The number of esters is 1. The number of allylic oxidation sites excluding steroid dienone is 3. The first-order chi connectivity index (χ1) is 8.61. The molecule has 0 spiro atoms. The topological polar surface area (TPSA) is 55.4 Å². The van der Waals surface area contributed by atoms with E-state index in [9.17, 15) is 9.59 Å². The molecule has 1 aromatic carbocycles. The molecule has 0 heterocycles. The van der Waals surface area contributed by atoms with E-state index in [0.29, 0.717) is 11.4 Å². The van der Waals surface area contributed by atoms with Gasteiger partial charge in [-0.25, -0.2) is 4.79 Å². The number of rotatable bonds is 4. The molecule has 1 rings (SSSR count). The molecule has 0 unspecified atom stereocenters. The zero-order chi connectivity index (χ0) is 13.4. The maximum atomic E-state index is 11.3. The van der Waals surface area contributed by atoms with E-state index >= 15 is 0 Å². The molecule has 1 N–H and O–H groups in total. The van der Waals surface area contributed by atoms with Crippen LogP contribution in [0.4, 0.5) is 5.69 Å². The zero-order valence-electron chi connectivity index (χ0n) is 10.3. The van der Waals surface area contributed by atoms with Gasteiger partial charge in [-0.3, -0.25) is 4.79 Å². The number of ether oxygens (including phenoxy) is 1. The van der Waals surface area contributed by atoms with Crippen molar-refractivity contribution >= 4 is 17.6 Å². The molecule has 0 aromatic heterocycles. The van der Waals surface area contributed by atoms with Crippen LogP contribution < -0.4 is 10.1 Å². The van der Waals surface area contributed by atoms with Gasteiger partial charge in [0.05, 0.1) is 0 Å². The number of amides is 1. The van der Waals surface area contributed by atoms with Gasteiger partial charge in [-0.05, 0) is 31.2 Å². The lowest BCUT2D eigenvalue weighted by Gasteiger charge is -2.04. The van der Waals surface area contributed by atoms with Gasteiger partial charge in [-0.2, -0.15) is 0 Å². The fraction of sp³-hybridized carbons (Fsp3) is 0.143. The lowest BCUT2D eigenvalue weighted by Crippen LogP contribution is -2.06. The number of nitrogens with one attached hydrogen (secondary N) is 1. The van der Waals surface area contributed by atoms with Crippen LogP contribution in [0.2, 0.25) is 0 Å². The second-order valence-corrected chi connectivity index (χ2v) is 3.51. The molecule has 4 nitrogen and oxygen atoms in total. The van der Waals surface area contributed by atoms with Crippen LogP contribution in [0.15, 0.2) is 48.6 Å². The van der Waals surface area contributed by atoms with E-state index in [2.05, 4.69) is 5.32 Å². The molecule has 0 saturated heterocycles. The van der Waals surface area contributed by atoms with E-state index in [1.54, 1.807) is 36.4 Å². The van der Waals surface area contributed by atoms with Crippen LogP contribution in [0.5, 0.6) is 5.75 Å². The third kappa shape index (κ3) is 5.12. The first-order valence-corrected chi connectivity index (χ1v) is 5.50. The van der Waals surface area contributed by atoms with Crippen molar-refractivity contribution in [1.82, 2.24) is 0 Å². The van der Waals surface area contributed by atoms with Gasteiger partial charge >= 0.3 is 5.97 Å². The monoisotopic (exact) mass is 245 g/mol. The van der Waals surface area contributed by atoms with Crippen LogP contribution in [0.3, 0.4) is 0 Å². The first-order valence-electron chi connectivity index (χ1n) is 5.50. The van der Waals surface area contributed by atoms with Gasteiger partial charge in [0.15, 0.2) is 0 Å². The third-order valence-electron chi connectivity index (χ3n) is 1.93. The summed E-state index contributed by atoms with van der Waals surface area (Å²) in [4.78, 5) is 22.1. The SMILES string of the molecule is C/C=C/C=C/C(=O)Oc1ccc(NC(C)=O)cc1. The van der Waals surface area contributed by atoms with Crippen molar-refractivity contribution in [3.8, 4) is 5.75 Å². The number of carbonyl (C=O) groups is 2. The fourth-order valence-electron chi connectivity index (χ4n) is 1.20. The maximum absolute atomic E-state index is 11.3. The molecule has 0 fully saturated rings. The largest absolute Gasteiger partial charge is 0.423 e. The standard InChI is InChI=1S/C14H15NO3/c1-3-4-5-6-14(17)18-13-9-7-12(8-10-13)15-11(2)16/h3-10H,1-2H3,(H,15,16)/b4-3+,6-5+. The van der Waals surface area contributed by atoms with E-state index < -0.39 is 5.97 Å². The molecule has 0 saturated carbocycles. The van der Waals surface area contributed by atoms with Gasteiger partial charge < -0.3 is 10.1 Å². The van der Waals surface area contributed by atoms with E-state index in [1.807, 2.05) is 13.0 Å². The highest BCUT2D eigenvalue weighted by atomic mass is 16.5. The van der Waals surface area contributed by atoms with Gasteiger partial charge in [0, 0.05) is 18.7 Å². The second-order valence-electron chi connectivity index (χ2n) is 3.51. The van der Waals surface area contributed by atoms with Crippen molar-refractivity contribution in [2.24, 2.45) is 0 Å². The summed E-state index contributed by atoms with van der Waals surface area (Å²) in [6.07, 6.45) is 6.49. The molecule has 0 radical (unpaired) electrons.